The Morgan fingerprint density at radius 1 is 0.860 bits per heavy atom. The largest absolute Gasteiger partial charge is 0.355 e. The minimum absolute atomic E-state index is 0.0242. The molecule has 0 saturated heterocycles. The molecule has 0 unspecified atom stereocenters. The van der Waals surface area contributed by atoms with Crippen LogP contribution in [0, 0.1) is 12.7 Å². The third-order valence-electron chi connectivity index (χ3n) is 6.90. The van der Waals surface area contributed by atoms with Gasteiger partial charge in [0.15, 0.2) is 0 Å². The Hall–Kier alpha value is -4.02. The molecule has 0 aromatic heterocycles. The molecule has 0 saturated carbocycles. The summed E-state index contributed by atoms with van der Waals surface area (Å²) >= 11 is 3.42. The number of carbonyl (C=O) groups is 2. The van der Waals surface area contributed by atoms with E-state index in [1.807, 2.05) is 61.5 Å². The maximum atomic E-state index is 15.2. The third kappa shape index (κ3) is 8.09. The summed E-state index contributed by atoms with van der Waals surface area (Å²) in [4.78, 5) is 29.1. The summed E-state index contributed by atoms with van der Waals surface area (Å²) in [7, 11) is -4.38. The number of para-hydroxylation sites is 1. The summed E-state index contributed by atoms with van der Waals surface area (Å²) in [6.45, 7) is 3.25. The van der Waals surface area contributed by atoms with Crippen molar-refractivity contribution in [3.05, 3.63) is 130 Å². The second-order valence-electron chi connectivity index (χ2n) is 10.0. The Balaban J connectivity index is 1.80. The highest BCUT2D eigenvalue weighted by Crippen LogP contribution is 2.27. The number of anilines is 1. The minimum Gasteiger partial charge on any atom is -0.355 e. The van der Waals surface area contributed by atoms with E-state index in [1.54, 1.807) is 19.1 Å². The van der Waals surface area contributed by atoms with E-state index in [9.17, 15) is 18.0 Å². The Morgan fingerprint density at radius 3 is 2.12 bits per heavy atom. The first kappa shape index (κ1) is 31.9. The average molecular weight is 667 g/mol. The van der Waals surface area contributed by atoms with Crippen molar-refractivity contribution in [2.45, 2.75) is 37.8 Å². The predicted octanol–water partition coefficient (Wildman–Crippen LogP) is 5.87. The van der Waals surface area contributed by atoms with E-state index in [4.69, 9.17) is 0 Å². The first-order chi connectivity index (χ1) is 20.6. The first-order valence-electron chi connectivity index (χ1n) is 13.8. The third-order valence-corrected chi connectivity index (χ3v) is 9.20. The molecule has 43 heavy (non-hydrogen) atoms. The molecule has 224 valence electrons. The number of nitrogens with one attached hydrogen (secondary N) is 1. The molecule has 0 aliphatic heterocycles. The van der Waals surface area contributed by atoms with Crippen LogP contribution in [0.4, 0.5) is 10.1 Å². The number of hydrogen-bond donors (Lipinski definition) is 1. The van der Waals surface area contributed by atoms with Crippen LogP contribution in [0.25, 0.3) is 0 Å². The summed E-state index contributed by atoms with van der Waals surface area (Å²) in [5.74, 6) is -1.83. The minimum atomic E-state index is -4.38. The normalized spacial score (nSPS) is 11.9. The van der Waals surface area contributed by atoms with Crippen LogP contribution in [0.2, 0.25) is 0 Å². The highest BCUT2D eigenvalue weighted by atomic mass is 79.9. The van der Waals surface area contributed by atoms with Crippen LogP contribution in [0.1, 0.15) is 23.6 Å². The number of hydrogen-bond acceptors (Lipinski definition) is 4. The number of likely N-dealkylation sites (N-methyl/N-ethyl adjacent to an activating group) is 1. The highest BCUT2D eigenvalue weighted by molar-refractivity contribution is 9.10. The number of halogens is 2. The second-order valence-corrected chi connectivity index (χ2v) is 12.8. The topological polar surface area (TPSA) is 86.8 Å². The fraction of sp³-hybridized carbons (Fsp3) is 0.212. The number of rotatable bonds is 12. The lowest BCUT2D eigenvalue weighted by Gasteiger charge is -2.34. The summed E-state index contributed by atoms with van der Waals surface area (Å²) in [6, 6.07) is 27.1. The van der Waals surface area contributed by atoms with E-state index in [0.717, 1.165) is 31.5 Å². The van der Waals surface area contributed by atoms with Crippen molar-refractivity contribution >= 4 is 43.5 Å². The quantitative estimate of drug-likeness (QED) is 0.205. The lowest BCUT2D eigenvalue weighted by molar-refractivity contribution is -0.140. The molecule has 0 fully saturated rings. The van der Waals surface area contributed by atoms with Crippen molar-refractivity contribution in [2.24, 2.45) is 0 Å². The smallest absolute Gasteiger partial charge is 0.264 e. The van der Waals surface area contributed by atoms with Crippen LogP contribution in [0.15, 0.2) is 112 Å². The molecule has 0 spiro atoms. The average Bonchev–Trinajstić information content (AvgIpc) is 3.00. The van der Waals surface area contributed by atoms with Crippen LogP contribution in [-0.2, 0) is 32.6 Å². The Bertz CT molecular complexity index is 1650. The summed E-state index contributed by atoms with van der Waals surface area (Å²) in [6.07, 6.45) is 0.194. The number of benzene rings is 4. The standard InChI is InChI=1S/C33H33BrFN3O4S/c1-3-36-33(40)31(21-25-9-5-4-6-10-25)37(22-26-15-17-27(34)18-16-26)32(39)23-38(30-12-8-7-11-29(30)35)43(41,42)28-19-13-24(2)14-20-28/h4-20,31H,3,21-23H2,1-2H3,(H,36,40)/t31-/m1/s1. The van der Waals surface area contributed by atoms with Gasteiger partial charge >= 0.3 is 0 Å². The van der Waals surface area contributed by atoms with Crippen molar-refractivity contribution in [2.75, 3.05) is 17.4 Å². The molecule has 4 rings (SSSR count). The van der Waals surface area contributed by atoms with Crippen LogP contribution >= 0.6 is 15.9 Å². The summed E-state index contributed by atoms with van der Waals surface area (Å²) < 4.78 is 44.7. The first-order valence-corrected chi connectivity index (χ1v) is 16.0. The predicted molar refractivity (Wildman–Crippen MR) is 169 cm³/mol. The van der Waals surface area contributed by atoms with Crippen molar-refractivity contribution in [3.8, 4) is 0 Å². The SMILES string of the molecule is CCNC(=O)[C@@H](Cc1ccccc1)N(Cc1ccc(Br)cc1)C(=O)CN(c1ccccc1F)S(=O)(=O)c1ccc(C)cc1. The Kier molecular flexibility index (Phi) is 10.7. The number of nitrogens with zero attached hydrogens (tertiary/aromatic N) is 2. The molecule has 10 heteroatoms. The van der Waals surface area contributed by atoms with Gasteiger partial charge in [-0.1, -0.05) is 88.2 Å². The Morgan fingerprint density at radius 2 is 1.49 bits per heavy atom. The van der Waals surface area contributed by atoms with Gasteiger partial charge < -0.3 is 10.2 Å². The lowest BCUT2D eigenvalue weighted by atomic mass is 10.0. The van der Waals surface area contributed by atoms with E-state index in [0.29, 0.717) is 6.54 Å². The van der Waals surface area contributed by atoms with E-state index in [2.05, 4.69) is 21.2 Å². The highest BCUT2D eigenvalue weighted by Gasteiger charge is 2.35. The fourth-order valence-corrected chi connectivity index (χ4v) is 6.32. The molecule has 1 atom stereocenters. The zero-order chi connectivity index (χ0) is 31.0. The second kappa shape index (κ2) is 14.4. The number of sulfonamides is 1. The van der Waals surface area contributed by atoms with Crippen LogP contribution in [0.3, 0.4) is 0 Å². The Labute approximate surface area is 260 Å². The molecule has 4 aromatic rings. The number of aryl methyl sites for hydroxylation is 1. The van der Waals surface area contributed by atoms with Gasteiger partial charge in [-0.15, -0.1) is 0 Å². The van der Waals surface area contributed by atoms with E-state index >= 15 is 4.39 Å². The summed E-state index contributed by atoms with van der Waals surface area (Å²) in [5, 5.41) is 2.82. The van der Waals surface area contributed by atoms with Gasteiger partial charge in [-0.05, 0) is 61.4 Å². The number of carbonyl (C=O) groups excluding carboxylic acids is 2. The van der Waals surface area contributed by atoms with Gasteiger partial charge in [-0.25, -0.2) is 12.8 Å². The van der Waals surface area contributed by atoms with Crippen LogP contribution in [-0.4, -0.2) is 44.3 Å². The van der Waals surface area contributed by atoms with Crippen molar-refractivity contribution in [1.82, 2.24) is 10.2 Å². The van der Waals surface area contributed by atoms with E-state index in [1.165, 1.54) is 35.2 Å². The molecule has 2 amide bonds. The van der Waals surface area contributed by atoms with Gasteiger partial charge in [0.25, 0.3) is 10.0 Å². The van der Waals surface area contributed by atoms with Crippen LogP contribution < -0.4 is 9.62 Å². The van der Waals surface area contributed by atoms with Crippen molar-refractivity contribution < 1.29 is 22.4 Å². The lowest BCUT2D eigenvalue weighted by Crippen LogP contribution is -2.53. The van der Waals surface area contributed by atoms with Gasteiger partial charge in [0, 0.05) is 24.0 Å². The summed E-state index contributed by atoms with van der Waals surface area (Å²) in [5.41, 5.74) is 2.14. The molecule has 0 aliphatic carbocycles. The zero-order valence-electron chi connectivity index (χ0n) is 23.9. The molecule has 0 radical (unpaired) electrons. The van der Waals surface area contributed by atoms with Crippen molar-refractivity contribution in [3.63, 3.8) is 0 Å². The van der Waals surface area contributed by atoms with E-state index in [-0.39, 0.29) is 29.5 Å². The molecule has 0 aliphatic rings. The fourth-order valence-electron chi connectivity index (χ4n) is 4.64. The van der Waals surface area contributed by atoms with Crippen molar-refractivity contribution in [1.29, 1.82) is 0 Å². The number of amides is 2. The molecule has 1 N–H and O–H groups in total. The van der Waals surface area contributed by atoms with Gasteiger partial charge in [-0.2, -0.15) is 0 Å². The van der Waals surface area contributed by atoms with Gasteiger partial charge in [-0.3, -0.25) is 13.9 Å². The van der Waals surface area contributed by atoms with Gasteiger partial charge in [0.1, 0.15) is 18.4 Å². The van der Waals surface area contributed by atoms with Crippen LogP contribution in [0.5, 0.6) is 0 Å². The zero-order valence-corrected chi connectivity index (χ0v) is 26.3. The van der Waals surface area contributed by atoms with Gasteiger partial charge in [0.05, 0.1) is 10.6 Å². The van der Waals surface area contributed by atoms with E-state index < -0.39 is 34.3 Å². The molecular formula is C33H33BrFN3O4S. The van der Waals surface area contributed by atoms with Gasteiger partial charge in [0.2, 0.25) is 11.8 Å². The maximum Gasteiger partial charge on any atom is 0.264 e. The monoisotopic (exact) mass is 665 g/mol. The molecule has 4 aromatic carbocycles. The molecule has 0 heterocycles. The molecule has 7 nitrogen and oxygen atoms in total. The maximum absolute atomic E-state index is 15.2. The molecular weight excluding hydrogens is 633 g/mol. The molecule has 0 bridgehead atoms.